The lowest BCUT2D eigenvalue weighted by Crippen LogP contribution is -2.26. The van der Waals surface area contributed by atoms with Crippen LogP contribution in [0.25, 0.3) is 0 Å². The van der Waals surface area contributed by atoms with Gasteiger partial charge in [0.1, 0.15) is 5.60 Å². The maximum absolute atomic E-state index is 11.3. The van der Waals surface area contributed by atoms with Gasteiger partial charge >= 0.3 is 0 Å². The number of rotatable bonds is 1. The number of hydrogen-bond acceptors (Lipinski definition) is 3. The van der Waals surface area contributed by atoms with Crippen LogP contribution in [0.3, 0.4) is 0 Å². The minimum absolute atomic E-state index is 0.0817. The van der Waals surface area contributed by atoms with E-state index >= 15 is 0 Å². The Hall–Kier alpha value is -0.870. The summed E-state index contributed by atoms with van der Waals surface area (Å²) in [5, 5.41) is 10.1. The Bertz CT molecular complexity index is 424. The highest BCUT2D eigenvalue weighted by molar-refractivity contribution is 7.91. The zero-order chi connectivity index (χ0) is 10.2. The van der Waals surface area contributed by atoms with Crippen LogP contribution >= 0.6 is 0 Å². The van der Waals surface area contributed by atoms with Crippen molar-refractivity contribution in [3.05, 3.63) is 35.9 Å². The van der Waals surface area contributed by atoms with E-state index in [1.807, 2.05) is 6.07 Å². The van der Waals surface area contributed by atoms with Crippen molar-refractivity contribution >= 4 is 9.84 Å². The molecule has 0 bridgehead atoms. The molecule has 4 heteroatoms. The van der Waals surface area contributed by atoms with E-state index in [0.29, 0.717) is 12.0 Å². The molecule has 1 fully saturated rings. The summed E-state index contributed by atoms with van der Waals surface area (Å²) in [6.45, 7) is 0. The van der Waals surface area contributed by atoms with E-state index in [2.05, 4.69) is 0 Å². The Balaban J connectivity index is 2.37. The summed E-state index contributed by atoms with van der Waals surface area (Å²) >= 11 is 0. The van der Waals surface area contributed by atoms with Gasteiger partial charge in [0.25, 0.3) is 0 Å². The van der Waals surface area contributed by atoms with Crippen molar-refractivity contribution in [1.82, 2.24) is 0 Å². The number of aliphatic hydroxyl groups is 1. The van der Waals surface area contributed by atoms with Crippen LogP contribution < -0.4 is 0 Å². The fourth-order valence-corrected chi connectivity index (χ4v) is 3.64. The Morgan fingerprint density at radius 1 is 1.21 bits per heavy atom. The maximum atomic E-state index is 11.3. The van der Waals surface area contributed by atoms with E-state index in [9.17, 15) is 13.5 Å². The standard InChI is InChI=1S/C10H12O3S/c11-10(6-7-14(12,13)8-10)9-4-2-1-3-5-9/h1-5,11H,6-8H2. The van der Waals surface area contributed by atoms with Gasteiger partial charge in [0, 0.05) is 0 Å². The highest BCUT2D eigenvalue weighted by Crippen LogP contribution is 2.32. The summed E-state index contributed by atoms with van der Waals surface area (Å²) in [6.07, 6.45) is 0.305. The summed E-state index contributed by atoms with van der Waals surface area (Å²) in [5.74, 6) is -0.0671. The van der Waals surface area contributed by atoms with Crippen LogP contribution in [0.4, 0.5) is 0 Å². The highest BCUT2D eigenvalue weighted by Gasteiger charge is 2.41. The van der Waals surface area contributed by atoms with E-state index in [4.69, 9.17) is 0 Å². The van der Waals surface area contributed by atoms with Gasteiger partial charge in [0.05, 0.1) is 11.5 Å². The predicted octanol–water partition coefficient (Wildman–Crippen LogP) is 0.693. The summed E-state index contributed by atoms with van der Waals surface area (Å²) in [4.78, 5) is 0. The first-order valence-corrected chi connectivity index (χ1v) is 6.32. The minimum Gasteiger partial charge on any atom is -0.384 e. The van der Waals surface area contributed by atoms with E-state index < -0.39 is 15.4 Å². The van der Waals surface area contributed by atoms with Crippen LogP contribution in [-0.4, -0.2) is 25.0 Å². The minimum atomic E-state index is -3.05. The van der Waals surface area contributed by atoms with Crippen LogP contribution in [0.5, 0.6) is 0 Å². The zero-order valence-electron chi connectivity index (χ0n) is 7.68. The molecule has 1 aliphatic rings. The van der Waals surface area contributed by atoms with Gasteiger partial charge in [-0.15, -0.1) is 0 Å². The molecule has 1 aromatic carbocycles. The molecule has 1 aliphatic heterocycles. The van der Waals surface area contributed by atoms with Crippen molar-refractivity contribution in [3.63, 3.8) is 0 Å². The summed E-state index contributed by atoms with van der Waals surface area (Å²) in [6, 6.07) is 8.98. The molecule has 2 rings (SSSR count). The van der Waals surface area contributed by atoms with Gasteiger partial charge in [-0.1, -0.05) is 30.3 Å². The quantitative estimate of drug-likeness (QED) is 0.745. The molecule has 1 heterocycles. The second-order valence-corrected chi connectivity index (χ2v) is 5.92. The molecule has 1 unspecified atom stereocenters. The van der Waals surface area contributed by atoms with Gasteiger partial charge in [0.15, 0.2) is 9.84 Å². The fourth-order valence-electron chi connectivity index (χ4n) is 1.81. The molecule has 0 amide bonds. The second-order valence-electron chi connectivity index (χ2n) is 3.74. The monoisotopic (exact) mass is 212 g/mol. The molecule has 1 aromatic rings. The molecule has 76 valence electrons. The first-order chi connectivity index (χ1) is 6.52. The molecule has 1 N–H and O–H groups in total. The van der Waals surface area contributed by atoms with Gasteiger partial charge < -0.3 is 5.11 Å². The van der Waals surface area contributed by atoms with Crippen molar-refractivity contribution < 1.29 is 13.5 Å². The Morgan fingerprint density at radius 2 is 1.86 bits per heavy atom. The molecule has 0 spiro atoms. The van der Waals surface area contributed by atoms with Crippen LogP contribution in [0.15, 0.2) is 30.3 Å². The average Bonchev–Trinajstić information content (AvgIpc) is 2.44. The first kappa shape index (κ1) is 9.68. The van der Waals surface area contributed by atoms with Crippen LogP contribution in [0.2, 0.25) is 0 Å². The molecule has 1 atom stereocenters. The number of hydrogen-bond donors (Lipinski definition) is 1. The Morgan fingerprint density at radius 3 is 2.36 bits per heavy atom. The lowest BCUT2D eigenvalue weighted by Gasteiger charge is -2.20. The summed E-state index contributed by atoms with van der Waals surface area (Å²) in [7, 11) is -3.05. The largest absolute Gasteiger partial charge is 0.384 e. The van der Waals surface area contributed by atoms with E-state index in [-0.39, 0.29) is 11.5 Å². The first-order valence-electron chi connectivity index (χ1n) is 4.50. The van der Waals surface area contributed by atoms with Crippen LogP contribution in [0, 0.1) is 0 Å². The predicted molar refractivity (Wildman–Crippen MR) is 53.6 cm³/mol. The number of benzene rings is 1. The maximum Gasteiger partial charge on any atom is 0.153 e. The van der Waals surface area contributed by atoms with E-state index in [1.54, 1.807) is 24.3 Å². The smallest absolute Gasteiger partial charge is 0.153 e. The van der Waals surface area contributed by atoms with Crippen LogP contribution in [-0.2, 0) is 15.4 Å². The lowest BCUT2D eigenvalue weighted by molar-refractivity contribution is 0.0653. The molecular formula is C10H12O3S. The van der Waals surface area contributed by atoms with Crippen molar-refractivity contribution in [2.24, 2.45) is 0 Å². The van der Waals surface area contributed by atoms with Crippen molar-refractivity contribution in [2.45, 2.75) is 12.0 Å². The normalized spacial score (nSPS) is 30.4. The molecule has 3 nitrogen and oxygen atoms in total. The van der Waals surface area contributed by atoms with Crippen molar-refractivity contribution in [2.75, 3.05) is 11.5 Å². The Labute approximate surface area is 83.3 Å². The topological polar surface area (TPSA) is 54.4 Å². The molecule has 0 radical (unpaired) electrons. The molecule has 0 saturated carbocycles. The van der Waals surface area contributed by atoms with Gasteiger partial charge in [-0.3, -0.25) is 0 Å². The average molecular weight is 212 g/mol. The van der Waals surface area contributed by atoms with Gasteiger partial charge in [-0.25, -0.2) is 8.42 Å². The van der Waals surface area contributed by atoms with Crippen molar-refractivity contribution in [1.29, 1.82) is 0 Å². The third-order valence-corrected chi connectivity index (χ3v) is 4.34. The highest BCUT2D eigenvalue weighted by atomic mass is 32.2. The fraction of sp³-hybridized carbons (Fsp3) is 0.400. The molecule has 1 saturated heterocycles. The van der Waals surface area contributed by atoms with Gasteiger partial charge in [0.2, 0.25) is 0 Å². The SMILES string of the molecule is O=S1(=O)CCC(O)(c2ccccc2)C1. The summed E-state index contributed by atoms with van der Waals surface area (Å²) < 4.78 is 22.5. The van der Waals surface area contributed by atoms with Gasteiger partial charge in [-0.05, 0) is 12.0 Å². The number of sulfone groups is 1. The zero-order valence-corrected chi connectivity index (χ0v) is 8.50. The second kappa shape index (κ2) is 3.07. The molecule has 14 heavy (non-hydrogen) atoms. The lowest BCUT2D eigenvalue weighted by atomic mass is 9.94. The third-order valence-electron chi connectivity index (χ3n) is 2.60. The van der Waals surface area contributed by atoms with Crippen LogP contribution in [0.1, 0.15) is 12.0 Å². The van der Waals surface area contributed by atoms with Gasteiger partial charge in [-0.2, -0.15) is 0 Å². The molecule has 0 aromatic heterocycles. The molecule has 0 aliphatic carbocycles. The Kier molecular flexibility index (Phi) is 2.12. The van der Waals surface area contributed by atoms with E-state index in [0.717, 1.165) is 0 Å². The third kappa shape index (κ3) is 1.67. The molecular weight excluding hydrogens is 200 g/mol. The van der Waals surface area contributed by atoms with E-state index in [1.165, 1.54) is 0 Å². The van der Waals surface area contributed by atoms with Crippen molar-refractivity contribution in [3.8, 4) is 0 Å². The summed E-state index contributed by atoms with van der Waals surface area (Å²) in [5.41, 5.74) is -0.471.